The number of aromatic amines is 1. The van der Waals surface area contributed by atoms with Gasteiger partial charge in [0, 0.05) is 6.42 Å². The molecular formula is C29H48N2O2. The summed E-state index contributed by atoms with van der Waals surface area (Å²) < 4.78 is 5.41. The molecule has 0 spiro atoms. The van der Waals surface area contributed by atoms with Gasteiger partial charge in [0.1, 0.15) is 5.82 Å². The molecule has 0 saturated heterocycles. The first-order valence-electron chi connectivity index (χ1n) is 13.9. The highest BCUT2D eigenvalue weighted by Gasteiger charge is 2.10. The average Bonchev–Trinajstić information content (AvgIpc) is 3.24. The molecule has 0 saturated carbocycles. The number of fused-ring (bicyclic) bond motifs is 1. The molecule has 2 aromatic rings. The Morgan fingerprint density at radius 3 is 1.91 bits per heavy atom. The van der Waals surface area contributed by atoms with Crippen molar-refractivity contribution in [2.45, 2.75) is 129 Å². The SMILES string of the molecule is CCCCCCCCCCCCCCCc1nc2ccc(C(=O)OCCCCCC)cc2[nH]1. The minimum Gasteiger partial charge on any atom is -0.462 e. The average molecular weight is 457 g/mol. The Morgan fingerprint density at radius 1 is 0.758 bits per heavy atom. The number of rotatable bonds is 20. The summed E-state index contributed by atoms with van der Waals surface area (Å²) in [6.07, 6.45) is 23.2. The summed E-state index contributed by atoms with van der Waals surface area (Å²) in [6.45, 7) is 4.96. The number of hydrogen-bond acceptors (Lipinski definition) is 3. The Morgan fingerprint density at radius 2 is 1.30 bits per heavy atom. The normalized spacial score (nSPS) is 11.3. The second-order valence-corrected chi connectivity index (χ2v) is 9.60. The van der Waals surface area contributed by atoms with Crippen molar-refractivity contribution in [3.63, 3.8) is 0 Å². The molecule has 0 fully saturated rings. The summed E-state index contributed by atoms with van der Waals surface area (Å²) in [6, 6.07) is 5.63. The molecule has 0 amide bonds. The molecule has 186 valence electrons. The van der Waals surface area contributed by atoms with Crippen molar-refractivity contribution in [2.75, 3.05) is 6.61 Å². The molecule has 33 heavy (non-hydrogen) atoms. The van der Waals surface area contributed by atoms with Crippen molar-refractivity contribution < 1.29 is 9.53 Å². The summed E-state index contributed by atoms with van der Waals surface area (Å²) in [4.78, 5) is 20.4. The number of esters is 1. The van der Waals surface area contributed by atoms with Crippen molar-refractivity contribution in [1.29, 1.82) is 0 Å². The fourth-order valence-corrected chi connectivity index (χ4v) is 4.40. The van der Waals surface area contributed by atoms with E-state index in [-0.39, 0.29) is 5.97 Å². The molecule has 1 aromatic carbocycles. The predicted molar refractivity (Wildman–Crippen MR) is 140 cm³/mol. The molecule has 0 aliphatic heterocycles. The molecule has 1 N–H and O–H groups in total. The third-order valence-electron chi connectivity index (χ3n) is 6.51. The van der Waals surface area contributed by atoms with Crippen LogP contribution in [0.1, 0.15) is 139 Å². The van der Waals surface area contributed by atoms with E-state index in [0.717, 1.165) is 36.1 Å². The zero-order chi connectivity index (χ0) is 23.6. The first-order chi connectivity index (χ1) is 16.2. The van der Waals surface area contributed by atoms with Gasteiger partial charge in [-0.3, -0.25) is 0 Å². The molecule has 1 heterocycles. The molecule has 1 aromatic heterocycles. The topological polar surface area (TPSA) is 55.0 Å². The minimum absolute atomic E-state index is 0.235. The van der Waals surface area contributed by atoms with Crippen molar-refractivity contribution in [3.8, 4) is 0 Å². The van der Waals surface area contributed by atoms with Gasteiger partial charge in [-0.15, -0.1) is 0 Å². The van der Waals surface area contributed by atoms with Crippen LogP contribution in [0.5, 0.6) is 0 Å². The highest BCUT2D eigenvalue weighted by atomic mass is 16.5. The second-order valence-electron chi connectivity index (χ2n) is 9.60. The van der Waals surface area contributed by atoms with Crippen LogP contribution >= 0.6 is 0 Å². The Hall–Kier alpha value is -1.84. The van der Waals surface area contributed by atoms with Crippen LogP contribution in [0, 0.1) is 0 Å². The van der Waals surface area contributed by atoms with Crippen LogP contribution < -0.4 is 0 Å². The number of benzene rings is 1. The van der Waals surface area contributed by atoms with Gasteiger partial charge >= 0.3 is 5.97 Å². The summed E-state index contributed by atoms with van der Waals surface area (Å²) >= 11 is 0. The van der Waals surface area contributed by atoms with Crippen LogP contribution in [0.25, 0.3) is 11.0 Å². The van der Waals surface area contributed by atoms with E-state index in [1.165, 1.54) is 96.3 Å². The van der Waals surface area contributed by atoms with Gasteiger partial charge in [0.05, 0.1) is 23.2 Å². The van der Waals surface area contributed by atoms with Crippen LogP contribution in [0.3, 0.4) is 0 Å². The highest BCUT2D eigenvalue weighted by molar-refractivity contribution is 5.93. The van der Waals surface area contributed by atoms with Gasteiger partial charge in [-0.2, -0.15) is 0 Å². The van der Waals surface area contributed by atoms with Crippen molar-refractivity contribution in [2.24, 2.45) is 0 Å². The Kier molecular flexibility index (Phi) is 14.6. The van der Waals surface area contributed by atoms with Gasteiger partial charge in [-0.05, 0) is 31.0 Å². The monoisotopic (exact) mass is 456 g/mol. The van der Waals surface area contributed by atoms with Crippen LogP contribution in [-0.4, -0.2) is 22.5 Å². The number of imidazole rings is 1. The fourth-order valence-electron chi connectivity index (χ4n) is 4.40. The first kappa shape index (κ1) is 27.4. The number of ether oxygens (including phenoxy) is 1. The van der Waals surface area contributed by atoms with Crippen LogP contribution in [-0.2, 0) is 11.2 Å². The van der Waals surface area contributed by atoms with E-state index in [1.54, 1.807) is 0 Å². The Bertz CT molecular complexity index is 768. The van der Waals surface area contributed by atoms with E-state index in [0.29, 0.717) is 12.2 Å². The third-order valence-corrected chi connectivity index (χ3v) is 6.51. The Labute approximate surface area is 202 Å². The lowest BCUT2D eigenvalue weighted by molar-refractivity contribution is 0.0498. The molecule has 0 bridgehead atoms. The van der Waals surface area contributed by atoms with E-state index in [9.17, 15) is 4.79 Å². The van der Waals surface area contributed by atoms with Crippen molar-refractivity contribution in [1.82, 2.24) is 9.97 Å². The number of hydrogen-bond donors (Lipinski definition) is 1. The number of H-pyrrole nitrogens is 1. The number of nitrogens with one attached hydrogen (secondary N) is 1. The maximum Gasteiger partial charge on any atom is 0.338 e. The van der Waals surface area contributed by atoms with Crippen LogP contribution in [0.4, 0.5) is 0 Å². The van der Waals surface area contributed by atoms with Crippen LogP contribution in [0.2, 0.25) is 0 Å². The van der Waals surface area contributed by atoms with E-state index in [4.69, 9.17) is 9.72 Å². The van der Waals surface area contributed by atoms with Crippen LogP contribution in [0.15, 0.2) is 18.2 Å². The summed E-state index contributed by atoms with van der Waals surface area (Å²) in [5.74, 6) is 0.791. The lowest BCUT2D eigenvalue weighted by atomic mass is 10.0. The van der Waals surface area contributed by atoms with Gasteiger partial charge in [0.2, 0.25) is 0 Å². The number of aromatic nitrogens is 2. The summed E-state index contributed by atoms with van der Waals surface area (Å²) in [7, 11) is 0. The second kappa shape index (κ2) is 17.6. The number of carbonyl (C=O) groups is 1. The first-order valence-corrected chi connectivity index (χ1v) is 13.9. The third kappa shape index (κ3) is 11.7. The molecule has 4 heteroatoms. The number of nitrogens with zero attached hydrogens (tertiary/aromatic N) is 1. The zero-order valence-electron chi connectivity index (χ0n) is 21.4. The number of aryl methyl sites for hydroxylation is 1. The molecule has 2 rings (SSSR count). The van der Waals surface area contributed by atoms with E-state index >= 15 is 0 Å². The highest BCUT2D eigenvalue weighted by Crippen LogP contribution is 2.17. The standard InChI is InChI=1S/C29H48N2O2/c1-3-5-7-9-10-11-12-13-14-15-16-17-18-20-28-30-26-22-21-25(24-27(26)31-28)29(32)33-23-19-8-6-4-2/h21-22,24H,3-20,23H2,1-2H3,(H,30,31). The minimum atomic E-state index is -0.235. The van der Waals surface area contributed by atoms with Gasteiger partial charge in [0.25, 0.3) is 0 Å². The van der Waals surface area contributed by atoms with Gasteiger partial charge in [0.15, 0.2) is 0 Å². The van der Waals surface area contributed by atoms with Crippen molar-refractivity contribution in [3.05, 3.63) is 29.6 Å². The summed E-state index contributed by atoms with van der Waals surface area (Å²) in [5, 5.41) is 0. The van der Waals surface area contributed by atoms with E-state index in [1.807, 2.05) is 18.2 Å². The maximum absolute atomic E-state index is 12.3. The molecule has 0 radical (unpaired) electrons. The molecule has 0 unspecified atom stereocenters. The predicted octanol–water partition coefficient (Wildman–Crippen LogP) is 8.93. The largest absolute Gasteiger partial charge is 0.462 e. The molecule has 4 nitrogen and oxygen atoms in total. The van der Waals surface area contributed by atoms with Gasteiger partial charge in [-0.25, -0.2) is 9.78 Å². The number of unbranched alkanes of at least 4 members (excludes halogenated alkanes) is 15. The molecular weight excluding hydrogens is 408 g/mol. The van der Waals surface area contributed by atoms with E-state index < -0.39 is 0 Å². The smallest absolute Gasteiger partial charge is 0.338 e. The fraction of sp³-hybridized carbons (Fsp3) is 0.724. The molecule has 0 aliphatic carbocycles. The summed E-state index contributed by atoms with van der Waals surface area (Å²) in [5.41, 5.74) is 2.47. The number of carbonyl (C=O) groups excluding carboxylic acids is 1. The molecule has 0 aliphatic rings. The van der Waals surface area contributed by atoms with E-state index in [2.05, 4.69) is 18.8 Å². The maximum atomic E-state index is 12.3. The van der Waals surface area contributed by atoms with Gasteiger partial charge < -0.3 is 9.72 Å². The quantitative estimate of drug-likeness (QED) is 0.160. The lowest BCUT2D eigenvalue weighted by Crippen LogP contribution is -2.06. The Balaban J connectivity index is 1.56. The zero-order valence-corrected chi connectivity index (χ0v) is 21.4. The lowest BCUT2D eigenvalue weighted by Gasteiger charge is -2.04. The molecule has 0 atom stereocenters. The van der Waals surface area contributed by atoms with Crippen molar-refractivity contribution >= 4 is 17.0 Å². The van der Waals surface area contributed by atoms with Gasteiger partial charge in [-0.1, -0.05) is 110 Å².